The Kier molecular flexibility index (Phi) is 2.65. The van der Waals surface area contributed by atoms with E-state index in [1.165, 1.54) is 18.5 Å². The smallest absolute Gasteiger partial charge is 0.0447 e. The largest absolute Gasteiger partial charge is 0.366 e. The number of aromatic nitrogens is 1. The number of nitrogens with two attached hydrogens (primary N) is 1. The van der Waals surface area contributed by atoms with Crippen molar-refractivity contribution >= 4 is 5.69 Å². The third-order valence-electron chi connectivity index (χ3n) is 3.29. The molecule has 0 bridgehead atoms. The maximum Gasteiger partial charge on any atom is 0.0447 e. The van der Waals surface area contributed by atoms with Crippen molar-refractivity contribution in [2.75, 3.05) is 11.4 Å². The van der Waals surface area contributed by atoms with E-state index in [0.29, 0.717) is 6.54 Å². The summed E-state index contributed by atoms with van der Waals surface area (Å²) in [6, 6.07) is 2.08. The zero-order valence-electron chi connectivity index (χ0n) is 9.53. The van der Waals surface area contributed by atoms with Crippen molar-refractivity contribution < 1.29 is 0 Å². The van der Waals surface area contributed by atoms with E-state index in [9.17, 15) is 0 Å². The van der Waals surface area contributed by atoms with E-state index >= 15 is 0 Å². The quantitative estimate of drug-likeness (QED) is 0.802. The van der Waals surface area contributed by atoms with Gasteiger partial charge in [0.2, 0.25) is 0 Å². The maximum absolute atomic E-state index is 5.74. The van der Waals surface area contributed by atoms with Gasteiger partial charge in [-0.25, -0.2) is 0 Å². The van der Waals surface area contributed by atoms with Crippen molar-refractivity contribution in [3.05, 3.63) is 24.0 Å². The first-order valence-electron chi connectivity index (χ1n) is 5.56. The summed E-state index contributed by atoms with van der Waals surface area (Å²) in [6.07, 6.45) is 6.24. The van der Waals surface area contributed by atoms with Gasteiger partial charge in [0.25, 0.3) is 0 Å². The fourth-order valence-corrected chi connectivity index (χ4v) is 2.39. The van der Waals surface area contributed by atoms with Gasteiger partial charge in [-0.1, -0.05) is 0 Å². The highest BCUT2D eigenvalue weighted by Gasteiger charge is 2.32. The first kappa shape index (κ1) is 10.4. The molecule has 2 heterocycles. The van der Waals surface area contributed by atoms with E-state index in [2.05, 4.69) is 29.8 Å². The number of rotatable bonds is 2. The molecule has 0 radical (unpaired) electrons. The predicted molar refractivity (Wildman–Crippen MR) is 62.8 cm³/mol. The Morgan fingerprint density at radius 3 is 2.93 bits per heavy atom. The summed E-state index contributed by atoms with van der Waals surface area (Å²) in [5, 5.41) is 0. The van der Waals surface area contributed by atoms with E-state index in [1.54, 1.807) is 0 Å². The first-order valence-corrected chi connectivity index (χ1v) is 5.56. The summed E-state index contributed by atoms with van der Waals surface area (Å²) in [7, 11) is 0. The molecule has 1 aromatic heterocycles. The number of pyridine rings is 1. The zero-order chi connectivity index (χ0) is 10.9. The highest BCUT2D eigenvalue weighted by molar-refractivity contribution is 5.55. The van der Waals surface area contributed by atoms with Crippen LogP contribution in [0.4, 0.5) is 5.69 Å². The SMILES string of the molecule is CC1(C)CCCN1c1ccncc1CN. The Hall–Kier alpha value is -1.09. The molecule has 2 rings (SSSR count). The van der Waals surface area contributed by atoms with Crippen LogP contribution in [0, 0.1) is 0 Å². The van der Waals surface area contributed by atoms with Crippen LogP contribution < -0.4 is 10.6 Å². The van der Waals surface area contributed by atoms with E-state index in [-0.39, 0.29) is 5.54 Å². The molecule has 0 aromatic carbocycles. The van der Waals surface area contributed by atoms with Gasteiger partial charge in [0.05, 0.1) is 0 Å². The fraction of sp³-hybridized carbons (Fsp3) is 0.583. The summed E-state index contributed by atoms with van der Waals surface area (Å²) in [5.74, 6) is 0. The third kappa shape index (κ3) is 1.84. The molecule has 2 N–H and O–H groups in total. The van der Waals surface area contributed by atoms with Gasteiger partial charge < -0.3 is 10.6 Å². The van der Waals surface area contributed by atoms with Crippen LogP contribution in [0.2, 0.25) is 0 Å². The molecule has 1 aromatic rings. The Balaban J connectivity index is 2.36. The van der Waals surface area contributed by atoms with Crippen molar-refractivity contribution in [1.29, 1.82) is 0 Å². The van der Waals surface area contributed by atoms with E-state index in [0.717, 1.165) is 12.1 Å². The second-order valence-corrected chi connectivity index (χ2v) is 4.78. The Morgan fingerprint density at radius 1 is 1.53 bits per heavy atom. The first-order chi connectivity index (χ1) is 7.15. The molecule has 1 aliphatic rings. The monoisotopic (exact) mass is 205 g/mol. The minimum atomic E-state index is 0.255. The molecule has 0 aliphatic carbocycles. The summed E-state index contributed by atoms with van der Waals surface area (Å²) >= 11 is 0. The lowest BCUT2D eigenvalue weighted by Crippen LogP contribution is -2.38. The van der Waals surface area contributed by atoms with Gasteiger partial charge in [-0.3, -0.25) is 4.98 Å². The van der Waals surface area contributed by atoms with Crippen LogP contribution in [-0.4, -0.2) is 17.1 Å². The van der Waals surface area contributed by atoms with Crippen LogP contribution >= 0.6 is 0 Å². The molecule has 82 valence electrons. The van der Waals surface area contributed by atoms with Crippen LogP contribution in [0.3, 0.4) is 0 Å². The molecular weight excluding hydrogens is 186 g/mol. The Bertz CT molecular complexity index is 346. The average Bonchev–Trinajstić information content (AvgIpc) is 2.58. The summed E-state index contributed by atoms with van der Waals surface area (Å²) in [5.41, 5.74) is 8.40. The van der Waals surface area contributed by atoms with Crippen molar-refractivity contribution in [3.63, 3.8) is 0 Å². The number of anilines is 1. The minimum absolute atomic E-state index is 0.255. The predicted octanol–water partition coefficient (Wildman–Crippen LogP) is 1.92. The van der Waals surface area contributed by atoms with Crippen LogP contribution in [-0.2, 0) is 6.54 Å². The van der Waals surface area contributed by atoms with Gasteiger partial charge in [0, 0.05) is 42.3 Å². The van der Waals surface area contributed by atoms with Gasteiger partial charge in [-0.15, -0.1) is 0 Å². The van der Waals surface area contributed by atoms with Gasteiger partial charge in [0.1, 0.15) is 0 Å². The number of nitrogens with zero attached hydrogens (tertiary/aromatic N) is 2. The molecule has 0 spiro atoms. The van der Waals surface area contributed by atoms with E-state index in [4.69, 9.17) is 5.73 Å². The van der Waals surface area contributed by atoms with Crippen molar-refractivity contribution in [2.24, 2.45) is 5.73 Å². The fourth-order valence-electron chi connectivity index (χ4n) is 2.39. The topological polar surface area (TPSA) is 42.2 Å². The van der Waals surface area contributed by atoms with Gasteiger partial charge in [-0.05, 0) is 32.8 Å². The molecule has 3 heteroatoms. The lowest BCUT2D eigenvalue weighted by Gasteiger charge is -2.34. The van der Waals surface area contributed by atoms with Crippen LogP contribution in [0.1, 0.15) is 32.3 Å². The Labute approximate surface area is 91.3 Å². The number of hydrogen-bond donors (Lipinski definition) is 1. The molecule has 1 aliphatic heterocycles. The number of hydrogen-bond acceptors (Lipinski definition) is 3. The zero-order valence-corrected chi connectivity index (χ0v) is 9.53. The van der Waals surface area contributed by atoms with Crippen LogP contribution in [0.5, 0.6) is 0 Å². The molecule has 0 saturated carbocycles. The molecule has 1 saturated heterocycles. The molecule has 1 fully saturated rings. The van der Waals surface area contributed by atoms with Crippen LogP contribution in [0.15, 0.2) is 18.5 Å². The lowest BCUT2D eigenvalue weighted by atomic mass is 10.0. The average molecular weight is 205 g/mol. The van der Waals surface area contributed by atoms with Crippen LogP contribution in [0.25, 0.3) is 0 Å². The second kappa shape index (κ2) is 3.81. The van der Waals surface area contributed by atoms with Gasteiger partial charge in [-0.2, -0.15) is 0 Å². The molecule has 3 nitrogen and oxygen atoms in total. The van der Waals surface area contributed by atoms with Gasteiger partial charge >= 0.3 is 0 Å². The lowest BCUT2D eigenvalue weighted by molar-refractivity contribution is 0.516. The van der Waals surface area contributed by atoms with Crippen molar-refractivity contribution in [3.8, 4) is 0 Å². The normalized spacial score (nSPS) is 19.5. The molecule has 0 amide bonds. The molecule has 15 heavy (non-hydrogen) atoms. The standard InChI is InChI=1S/C12H19N3/c1-12(2)5-3-7-15(12)11-4-6-14-9-10(11)8-13/h4,6,9H,3,5,7-8,13H2,1-2H3. The second-order valence-electron chi connectivity index (χ2n) is 4.78. The van der Waals surface area contributed by atoms with Crippen molar-refractivity contribution in [1.82, 2.24) is 4.98 Å². The highest BCUT2D eigenvalue weighted by Crippen LogP contribution is 2.34. The van der Waals surface area contributed by atoms with E-state index < -0.39 is 0 Å². The minimum Gasteiger partial charge on any atom is -0.366 e. The summed E-state index contributed by atoms with van der Waals surface area (Å²) in [4.78, 5) is 6.58. The van der Waals surface area contributed by atoms with E-state index in [1.807, 2.05) is 12.4 Å². The Morgan fingerprint density at radius 2 is 2.33 bits per heavy atom. The third-order valence-corrected chi connectivity index (χ3v) is 3.29. The summed E-state index contributed by atoms with van der Waals surface area (Å²) in [6.45, 7) is 6.28. The van der Waals surface area contributed by atoms with Crippen molar-refractivity contribution in [2.45, 2.75) is 38.8 Å². The highest BCUT2D eigenvalue weighted by atomic mass is 15.2. The van der Waals surface area contributed by atoms with Gasteiger partial charge in [0.15, 0.2) is 0 Å². The summed E-state index contributed by atoms with van der Waals surface area (Å²) < 4.78 is 0. The molecule has 0 unspecified atom stereocenters. The molecule has 0 atom stereocenters. The maximum atomic E-state index is 5.74. The molecular formula is C12H19N3.